The van der Waals surface area contributed by atoms with Crippen molar-refractivity contribution < 1.29 is 0 Å². The van der Waals surface area contributed by atoms with Gasteiger partial charge < -0.3 is 5.73 Å². The Morgan fingerprint density at radius 2 is 2.10 bits per heavy atom. The number of nitrogens with two attached hydrogens (primary N) is 1. The first-order valence-corrected chi connectivity index (χ1v) is 4.21. The zero-order valence-corrected chi connectivity index (χ0v) is 7.66. The second-order valence-corrected chi connectivity index (χ2v) is 3.50. The molecule has 2 N–H and O–H groups in total. The largest absolute Gasteiger partial charge is 0.402 e. The normalized spacial score (nSPS) is 13.2. The van der Waals surface area contributed by atoms with Gasteiger partial charge in [-0.25, -0.2) is 0 Å². The fraction of sp³-hybridized carbons (Fsp3) is 0.500. The van der Waals surface area contributed by atoms with E-state index < -0.39 is 0 Å². The van der Waals surface area contributed by atoms with Crippen molar-refractivity contribution >= 4 is 11.8 Å². The Morgan fingerprint density at radius 1 is 1.60 bits per heavy atom. The van der Waals surface area contributed by atoms with Gasteiger partial charge in [0.15, 0.2) is 0 Å². The van der Waals surface area contributed by atoms with Crippen LogP contribution in [0.1, 0.15) is 20.8 Å². The SMILES string of the molecule is C=CS/C(=C(/C)N)C(C)C. The van der Waals surface area contributed by atoms with Crippen LogP contribution in [0, 0.1) is 5.92 Å². The number of hydrogen-bond donors (Lipinski definition) is 1. The topological polar surface area (TPSA) is 26.0 Å². The Bertz CT molecular complexity index is 143. The summed E-state index contributed by atoms with van der Waals surface area (Å²) in [4.78, 5) is 1.22. The zero-order valence-electron chi connectivity index (χ0n) is 6.85. The van der Waals surface area contributed by atoms with Gasteiger partial charge in [-0.1, -0.05) is 20.4 Å². The summed E-state index contributed by atoms with van der Waals surface area (Å²) in [6.45, 7) is 9.82. The first-order valence-electron chi connectivity index (χ1n) is 3.33. The minimum absolute atomic E-state index is 0.507. The molecule has 0 aromatic carbocycles. The minimum atomic E-state index is 0.507. The van der Waals surface area contributed by atoms with Crippen LogP contribution in [0.3, 0.4) is 0 Å². The van der Waals surface area contributed by atoms with Crippen molar-refractivity contribution in [3.63, 3.8) is 0 Å². The number of allylic oxidation sites excluding steroid dienone is 2. The Morgan fingerprint density at radius 3 is 2.20 bits per heavy atom. The lowest BCUT2D eigenvalue weighted by Gasteiger charge is -2.09. The third-order valence-corrected chi connectivity index (χ3v) is 2.34. The highest BCUT2D eigenvalue weighted by atomic mass is 32.2. The van der Waals surface area contributed by atoms with E-state index in [4.69, 9.17) is 5.73 Å². The average molecular weight is 157 g/mol. The first kappa shape index (κ1) is 9.63. The van der Waals surface area contributed by atoms with Crippen molar-refractivity contribution in [2.24, 2.45) is 11.7 Å². The molecule has 0 atom stereocenters. The third kappa shape index (κ3) is 2.97. The molecule has 1 nitrogen and oxygen atoms in total. The van der Waals surface area contributed by atoms with Crippen LogP contribution in [0.5, 0.6) is 0 Å². The summed E-state index contributed by atoms with van der Waals surface area (Å²) in [5, 5.41) is 1.81. The maximum absolute atomic E-state index is 5.63. The molecular weight excluding hydrogens is 142 g/mol. The van der Waals surface area contributed by atoms with E-state index in [-0.39, 0.29) is 0 Å². The highest BCUT2D eigenvalue weighted by Crippen LogP contribution is 2.25. The van der Waals surface area contributed by atoms with Gasteiger partial charge in [-0.15, -0.1) is 11.8 Å². The molecular formula is C8H15NS. The van der Waals surface area contributed by atoms with Crippen molar-refractivity contribution in [1.82, 2.24) is 0 Å². The maximum Gasteiger partial charge on any atom is 0.0151 e. The predicted molar refractivity (Wildman–Crippen MR) is 49.5 cm³/mol. The van der Waals surface area contributed by atoms with Gasteiger partial charge in [0.25, 0.3) is 0 Å². The molecule has 0 aromatic rings. The average Bonchev–Trinajstić information content (AvgIpc) is 1.81. The van der Waals surface area contributed by atoms with Crippen molar-refractivity contribution in [3.05, 3.63) is 22.6 Å². The molecule has 0 heterocycles. The molecule has 0 unspecified atom stereocenters. The van der Waals surface area contributed by atoms with E-state index in [0.29, 0.717) is 5.92 Å². The first-order chi connectivity index (χ1) is 4.59. The standard InChI is InChI=1S/C8H15NS/c1-5-10-8(6(2)3)7(4)9/h5-6H,1,9H2,2-4H3/b8-7-. The molecule has 0 aliphatic carbocycles. The van der Waals surface area contributed by atoms with Crippen LogP contribution in [-0.4, -0.2) is 0 Å². The van der Waals surface area contributed by atoms with Crippen LogP contribution >= 0.6 is 11.8 Å². The van der Waals surface area contributed by atoms with Gasteiger partial charge in [0.1, 0.15) is 0 Å². The van der Waals surface area contributed by atoms with Crippen LogP contribution in [0.4, 0.5) is 0 Å². The van der Waals surface area contributed by atoms with Crippen LogP contribution in [-0.2, 0) is 0 Å². The van der Waals surface area contributed by atoms with E-state index in [1.165, 1.54) is 4.91 Å². The van der Waals surface area contributed by atoms with Crippen molar-refractivity contribution in [2.75, 3.05) is 0 Å². The van der Waals surface area contributed by atoms with E-state index in [0.717, 1.165) is 5.70 Å². The van der Waals surface area contributed by atoms with Gasteiger partial charge in [0, 0.05) is 10.6 Å². The molecule has 0 amide bonds. The summed E-state index contributed by atoms with van der Waals surface area (Å²) in [7, 11) is 0. The monoisotopic (exact) mass is 157 g/mol. The summed E-state index contributed by atoms with van der Waals surface area (Å²) < 4.78 is 0. The molecule has 0 aromatic heterocycles. The van der Waals surface area contributed by atoms with Gasteiger partial charge >= 0.3 is 0 Å². The van der Waals surface area contributed by atoms with Crippen LogP contribution in [0.15, 0.2) is 22.6 Å². The summed E-state index contributed by atoms with van der Waals surface area (Å²) >= 11 is 1.61. The van der Waals surface area contributed by atoms with Crippen molar-refractivity contribution in [3.8, 4) is 0 Å². The molecule has 0 aliphatic heterocycles. The van der Waals surface area contributed by atoms with Crippen LogP contribution in [0.2, 0.25) is 0 Å². The lowest BCUT2D eigenvalue weighted by molar-refractivity contribution is 0.804. The molecule has 58 valence electrons. The number of hydrogen-bond acceptors (Lipinski definition) is 2. The van der Waals surface area contributed by atoms with E-state index in [2.05, 4.69) is 20.4 Å². The Kier molecular flexibility index (Phi) is 4.28. The molecule has 0 aliphatic rings. The van der Waals surface area contributed by atoms with E-state index in [1.807, 2.05) is 12.3 Å². The fourth-order valence-corrected chi connectivity index (χ4v) is 1.41. The summed E-state index contributed by atoms with van der Waals surface area (Å²) in [6, 6.07) is 0. The summed E-state index contributed by atoms with van der Waals surface area (Å²) in [5.74, 6) is 0.507. The van der Waals surface area contributed by atoms with Gasteiger partial charge in [-0.05, 0) is 18.2 Å². The highest BCUT2D eigenvalue weighted by molar-refractivity contribution is 8.05. The zero-order chi connectivity index (χ0) is 8.15. The van der Waals surface area contributed by atoms with Gasteiger partial charge in [-0.3, -0.25) is 0 Å². The van der Waals surface area contributed by atoms with Crippen LogP contribution in [0.25, 0.3) is 0 Å². The molecule has 0 fully saturated rings. The molecule has 0 spiro atoms. The molecule has 0 bridgehead atoms. The minimum Gasteiger partial charge on any atom is -0.402 e. The second kappa shape index (κ2) is 4.45. The van der Waals surface area contributed by atoms with Crippen molar-refractivity contribution in [2.45, 2.75) is 20.8 Å². The molecule has 2 heteroatoms. The van der Waals surface area contributed by atoms with E-state index in [9.17, 15) is 0 Å². The maximum atomic E-state index is 5.63. The summed E-state index contributed by atoms with van der Waals surface area (Å²) in [6.07, 6.45) is 0. The number of rotatable bonds is 3. The molecule has 0 saturated carbocycles. The third-order valence-electron chi connectivity index (χ3n) is 1.12. The Labute approximate surface area is 67.4 Å². The highest BCUT2D eigenvalue weighted by Gasteiger charge is 2.03. The van der Waals surface area contributed by atoms with Crippen LogP contribution < -0.4 is 5.73 Å². The summed E-state index contributed by atoms with van der Waals surface area (Å²) in [5.41, 5.74) is 6.54. The fourth-order valence-electron chi connectivity index (χ4n) is 0.774. The molecule has 0 radical (unpaired) electrons. The predicted octanol–water partition coefficient (Wildman–Crippen LogP) is 2.71. The quantitative estimate of drug-likeness (QED) is 0.681. The van der Waals surface area contributed by atoms with Gasteiger partial charge in [0.05, 0.1) is 0 Å². The smallest absolute Gasteiger partial charge is 0.0151 e. The van der Waals surface area contributed by atoms with Gasteiger partial charge in [-0.2, -0.15) is 0 Å². The second-order valence-electron chi connectivity index (χ2n) is 2.49. The Balaban J connectivity index is 4.27. The molecule has 0 saturated heterocycles. The lowest BCUT2D eigenvalue weighted by atomic mass is 10.2. The Hall–Kier alpha value is -0.370. The van der Waals surface area contributed by atoms with E-state index >= 15 is 0 Å². The molecule has 10 heavy (non-hydrogen) atoms. The lowest BCUT2D eigenvalue weighted by Crippen LogP contribution is -2.00. The number of thioether (sulfide) groups is 1. The van der Waals surface area contributed by atoms with Crippen molar-refractivity contribution in [1.29, 1.82) is 0 Å². The molecule has 0 rings (SSSR count). The van der Waals surface area contributed by atoms with Gasteiger partial charge in [0.2, 0.25) is 0 Å². The van der Waals surface area contributed by atoms with E-state index in [1.54, 1.807) is 11.8 Å².